The number of anilines is 1. The number of aromatic nitrogens is 2. The van der Waals surface area contributed by atoms with Gasteiger partial charge in [0.15, 0.2) is 0 Å². The van der Waals surface area contributed by atoms with Crippen LogP contribution in [0.4, 0.5) is 5.95 Å². The van der Waals surface area contributed by atoms with Crippen LogP contribution in [0.15, 0.2) is 65.9 Å². The van der Waals surface area contributed by atoms with Crippen molar-refractivity contribution in [3.8, 4) is 17.0 Å². The van der Waals surface area contributed by atoms with Gasteiger partial charge in [-0.25, -0.2) is 9.66 Å². The van der Waals surface area contributed by atoms with E-state index in [1.807, 2.05) is 54.6 Å². The predicted octanol–water partition coefficient (Wildman–Crippen LogP) is 3.02. The Hall–Kier alpha value is -3.08. The molecule has 0 fully saturated rings. The molecule has 3 rings (SSSR count). The van der Waals surface area contributed by atoms with Crippen molar-refractivity contribution in [3.05, 3.63) is 66.4 Å². The summed E-state index contributed by atoms with van der Waals surface area (Å²) in [6.07, 6.45) is 3.50. The molecule has 5 nitrogen and oxygen atoms in total. The third kappa shape index (κ3) is 2.83. The normalized spacial score (nSPS) is 11.0. The van der Waals surface area contributed by atoms with Crippen molar-refractivity contribution in [1.82, 2.24) is 9.66 Å². The Morgan fingerprint density at radius 1 is 1.09 bits per heavy atom. The highest BCUT2D eigenvalue weighted by molar-refractivity contribution is 5.83. The summed E-state index contributed by atoms with van der Waals surface area (Å²) in [5.41, 5.74) is 8.58. The fourth-order valence-electron chi connectivity index (χ4n) is 2.12. The molecule has 2 aromatic carbocycles. The number of hydrogen-bond donors (Lipinski definition) is 1. The number of nitrogens with two attached hydrogens (primary N) is 1. The van der Waals surface area contributed by atoms with Crippen molar-refractivity contribution in [2.75, 3.05) is 12.8 Å². The summed E-state index contributed by atoms with van der Waals surface area (Å²) in [6.45, 7) is 0. The zero-order valence-corrected chi connectivity index (χ0v) is 12.2. The number of hydrogen-bond acceptors (Lipinski definition) is 4. The largest absolute Gasteiger partial charge is 0.496 e. The van der Waals surface area contributed by atoms with Crippen LogP contribution in [0, 0.1) is 0 Å². The minimum atomic E-state index is 0.338. The summed E-state index contributed by atoms with van der Waals surface area (Å²) in [4.78, 5) is 4.33. The molecule has 0 amide bonds. The molecular formula is C17H16N4O. The molecule has 1 aromatic heterocycles. The maximum absolute atomic E-state index is 5.92. The van der Waals surface area contributed by atoms with Gasteiger partial charge in [0.2, 0.25) is 5.95 Å². The van der Waals surface area contributed by atoms with E-state index in [4.69, 9.17) is 10.5 Å². The average molecular weight is 292 g/mol. The number of benzene rings is 2. The Bertz CT molecular complexity index is 793. The molecule has 0 spiro atoms. The molecule has 0 aliphatic carbocycles. The van der Waals surface area contributed by atoms with Crippen molar-refractivity contribution in [1.29, 1.82) is 0 Å². The van der Waals surface area contributed by atoms with E-state index in [0.717, 1.165) is 22.6 Å². The first-order valence-corrected chi connectivity index (χ1v) is 6.85. The van der Waals surface area contributed by atoms with E-state index in [1.165, 1.54) is 0 Å². The van der Waals surface area contributed by atoms with Crippen LogP contribution in [0.5, 0.6) is 5.75 Å². The first kappa shape index (κ1) is 13.9. The molecule has 0 saturated carbocycles. The molecule has 22 heavy (non-hydrogen) atoms. The lowest BCUT2D eigenvalue weighted by molar-refractivity contribution is 0.414. The van der Waals surface area contributed by atoms with Crippen LogP contribution < -0.4 is 10.5 Å². The second kappa shape index (κ2) is 6.13. The first-order chi connectivity index (χ1) is 10.8. The van der Waals surface area contributed by atoms with Crippen molar-refractivity contribution in [2.45, 2.75) is 0 Å². The summed E-state index contributed by atoms with van der Waals surface area (Å²) < 4.78 is 6.84. The van der Waals surface area contributed by atoms with E-state index in [9.17, 15) is 0 Å². The quantitative estimate of drug-likeness (QED) is 0.752. The number of nitrogens with zero attached hydrogens (tertiary/aromatic N) is 3. The van der Waals surface area contributed by atoms with Crippen molar-refractivity contribution in [3.63, 3.8) is 0 Å². The van der Waals surface area contributed by atoms with Crippen molar-refractivity contribution >= 4 is 12.2 Å². The lowest BCUT2D eigenvalue weighted by Crippen LogP contribution is -1.97. The van der Waals surface area contributed by atoms with Crippen molar-refractivity contribution < 1.29 is 4.74 Å². The summed E-state index contributed by atoms with van der Waals surface area (Å²) in [5.74, 6) is 1.10. The third-order valence-corrected chi connectivity index (χ3v) is 3.24. The molecule has 0 saturated heterocycles. The summed E-state index contributed by atoms with van der Waals surface area (Å²) in [5, 5.41) is 4.35. The second-order valence-corrected chi connectivity index (χ2v) is 4.68. The SMILES string of the molecule is COc1ccccc1C=Nn1cc(-c2ccccc2)nc1N. The van der Waals surface area contributed by atoms with E-state index in [1.54, 1.807) is 24.2 Å². The molecular weight excluding hydrogens is 276 g/mol. The molecule has 2 N–H and O–H groups in total. The van der Waals surface area contributed by atoms with Crippen LogP contribution in [-0.2, 0) is 0 Å². The lowest BCUT2D eigenvalue weighted by Gasteiger charge is -2.02. The fourth-order valence-corrected chi connectivity index (χ4v) is 2.12. The summed E-state index contributed by atoms with van der Waals surface area (Å²) >= 11 is 0. The number of ether oxygens (including phenoxy) is 1. The van der Waals surface area contributed by atoms with Gasteiger partial charge in [-0.05, 0) is 12.1 Å². The highest BCUT2D eigenvalue weighted by atomic mass is 16.5. The Balaban J connectivity index is 1.90. The number of para-hydroxylation sites is 1. The molecule has 1 heterocycles. The van der Waals surface area contributed by atoms with Gasteiger partial charge in [-0.1, -0.05) is 42.5 Å². The maximum Gasteiger partial charge on any atom is 0.221 e. The van der Waals surface area contributed by atoms with Gasteiger partial charge < -0.3 is 10.5 Å². The van der Waals surface area contributed by atoms with Gasteiger partial charge in [0.25, 0.3) is 0 Å². The monoisotopic (exact) mass is 292 g/mol. The van der Waals surface area contributed by atoms with E-state index < -0.39 is 0 Å². The zero-order valence-electron chi connectivity index (χ0n) is 12.2. The Labute approximate surface area is 128 Å². The third-order valence-electron chi connectivity index (χ3n) is 3.24. The van der Waals surface area contributed by atoms with Gasteiger partial charge in [-0.2, -0.15) is 5.10 Å². The van der Waals surface area contributed by atoms with Crippen LogP contribution in [0.3, 0.4) is 0 Å². The van der Waals surface area contributed by atoms with Gasteiger partial charge in [-0.3, -0.25) is 0 Å². The minimum Gasteiger partial charge on any atom is -0.496 e. The van der Waals surface area contributed by atoms with Gasteiger partial charge in [0.05, 0.1) is 25.2 Å². The number of methoxy groups -OCH3 is 1. The molecule has 0 aliphatic heterocycles. The van der Waals surface area contributed by atoms with Crippen LogP contribution >= 0.6 is 0 Å². The average Bonchev–Trinajstić information content (AvgIpc) is 2.95. The first-order valence-electron chi connectivity index (χ1n) is 6.85. The molecule has 0 atom stereocenters. The molecule has 0 bridgehead atoms. The van der Waals surface area contributed by atoms with Crippen LogP contribution in [0.1, 0.15) is 5.56 Å². The molecule has 110 valence electrons. The van der Waals surface area contributed by atoms with Gasteiger partial charge in [-0.15, -0.1) is 0 Å². The highest BCUT2D eigenvalue weighted by Gasteiger charge is 2.06. The topological polar surface area (TPSA) is 65.4 Å². The summed E-state index contributed by atoms with van der Waals surface area (Å²) in [6, 6.07) is 17.5. The number of imidazole rings is 1. The van der Waals surface area contributed by atoms with Crippen LogP contribution in [-0.4, -0.2) is 23.0 Å². The number of rotatable bonds is 4. The molecule has 0 aliphatic rings. The van der Waals surface area contributed by atoms with E-state index in [0.29, 0.717) is 5.95 Å². The van der Waals surface area contributed by atoms with Gasteiger partial charge >= 0.3 is 0 Å². The minimum absolute atomic E-state index is 0.338. The van der Waals surface area contributed by atoms with Crippen LogP contribution in [0.2, 0.25) is 0 Å². The molecule has 0 radical (unpaired) electrons. The maximum atomic E-state index is 5.92. The lowest BCUT2D eigenvalue weighted by atomic mass is 10.2. The molecule has 0 unspecified atom stereocenters. The second-order valence-electron chi connectivity index (χ2n) is 4.68. The zero-order chi connectivity index (χ0) is 15.4. The Kier molecular flexibility index (Phi) is 3.87. The van der Waals surface area contributed by atoms with E-state index in [-0.39, 0.29) is 0 Å². The van der Waals surface area contributed by atoms with Gasteiger partial charge in [0, 0.05) is 11.1 Å². The fraction of sp³-hybridized carbons (Fsp3) is 0.0588. The smallest absolute Gasteiger partial charge is 0.221 e. The Morgan fingerprint density at radius 2 is 1.82 bits per heavy atom. The molecule has 5 heteroatoms. The van der Waals surface area contributed by atoms with Gasteiger partial charge in [0.1, 0.15) is 5.75 Å². The Morgan fingerprint density at radius 3 is 2.59 bits per heavy atom. The highest BCUT2D eigenvalue weighted by Crippen LogP contribution is 2.20. The van der Waals surface area contributed by atoms with E-state index >= 15 is 0 Å². The van der Waals surface area contributed by atoms with E-state index in [2.05, 4.69) is 10.1 Å². The number of nitrogen functional groups attached to an aromatic ring is 1. The predicted molar refractivity (Wildman–Crippen MR) is 88.1 cm³/mol. The van der Waals surface area contributed by atoms with Crippen molar-refractivity contribution in [2.24, 2.45) is 5.10 Å². The standard InChI is InChI=1S/C17H16N4O/c1-22-16-10-6-5-9-14(16)11-19-21-12-15(20-17(21)18)13-7-3-2-4-8-13/h2-12H,1H3,(H2,18,20). The van der Waals surface area contributed by atoms with Crippen LogP contribution in [0.25, 0.3) is 11.3 Å². The summed E-state index contributed by atoms with van der Waals surface area (Å²) in [7, 11) is 1.63. The molecule has 3 aromatic rings.